The smallest absolute Gasteiger partial charge is 0.346 e. The first-order valence-corrected chi connectivity index (χ1v) is 7.43. The number of alkyl halides is 3. The summed E-state index contributed by atoms with van der Waals surface area (Å²) in [4.78, 5) is 11.7. The van der Waals surface area contributed by atoms with Gasteiger partial charge in [-0.25, -0.2) is 4.68 Å². The van der Waals surface area contributed by atoms with Gasteiger partial charge in [0.15, 0.2) is 5.82 Å². The Balaban J connectivity index is 2.03. The fraction of sp³-hybridized carbons (Fsp3) is 0.308. The monoisotopic (exact) mass is 345 g/mol. The van der Waals surface area contributed by atoms with E-state index in [1.54, 1.807) is 12.1 Å². The molecule has 0 aliphatic rings. The lowest BCUT2D eigenvalue weighted by atomic mass is 10.2. The highest BCUT2D eigenvalue weighted by atomic mass is 32.2. The predicted molar refractivity (Wildman–Crippen MR) is 80.0 cm³/mol. The Morgan fingerprint density at radius 3 is 2.61 bits per heavy atom. The molecule has 0 saturated carbocycles. The second-order valence-electron chi connectivity index (χ2n) is 4.64. The number of hydrogen-bond donors (Lipinski definition) is 2. The van der Waals surface area contributed by atoms with E-state index in [0.717, 1.165) is 17.3 Å². The first kappa shape index (κ1) is 17.1. The summed E-state index contributed by atoms with van der Waals surface area (Å²) in [5.74, 6) is 5.53. The quantitative estimate of drug-likeness (QED) is 0.638. The molecular formula is C13H14F3N5OS. The van der Waals surface area contributed by atoms with E-state index in [1.807, 2.05) is 23.5 Å². The van der Waals surface area contributed by atoms with Gasteiger partial charge in [-0.2, -0.15) is 13.2 Å². The molecule has 0 aliphatic carbocycles. The highest BCUT2D eigenvalue weighted by Gasteiger charge is 2.29. The Labute approximate surface area is 134 Å². The van der Waals surface area contributed by atoms with Crippen LogP contribution in [0.4, 0.5) is 13.2 Å². The molecule has 1 unspecified atom stereocenters. The summed E-state index contributed by atoms with van der Waals surface area (Å²) in [5.41, 5.74) is 0.739. The predicted octanol–water partition coefficient (Wildman–Crippen LogP) is 1.82. The number of amides is 1. The molecule has 1 amide bonds. The van der Waals surface area contributed by atoms with E-state index in [0.29, 0.717) is 5.82 Å². The van der Waals surface area contributed by atoms with Crippen LogP contribution < -0.4 is 11.2 Å². The number of thioether (sulfide) groups is 1. The Bertz CT molecular complexity index is 674. The van der Waals surface area contributed by atoms with Gasteiger partial charge in [0.05, 0.1) is 5.25 Å². The van der Waals surface area contributed by atoms with Crippen LogP contribution in [0.1, 0.15) is 6.92 Å². The van der Waals surface area contributed by atoms with Gasteiger partial charge in [-0.3, -0.25) is 4.79 Å². The summed E-state index contributed by atoms with van der Waals surface area (Å²) < 4.78 is 37.5. The summed E-state index contributed by atoms with van der Waals surface area (Å²) in [6.07, 6.45) is -4.45. The molecule has 1 atom stereocenters. The molecular weight excluding hydrogens is 331 g/mol. The van der Waals surface area contributed by atoms with Gasteiger partial charge in [-0.1, -0.05) is 42.1 Å². The molecule has 1 aromatic carbocycles. The van der Waals surface area contributed by atoms with Gasteiger partial charge in [0, 0.05) is 5.56 Å². The van der Waals surface area contributed by atoms with Crippen molar-refractivity contribution < 1.29 is 18.0 Å². The average molecular weight is 345 g/mol. The van der Waals surface area contributed by atoms with Crippen LogP contribution in [-0.2, 0) is 4.79 Å². The maximum Gasteiger partial charge on any atom is 0.405 e. The topological polar surface area (TPSA) is 85.8 Å². The first-order valence-electron chi connectivity index (χ1n) is 6.55. The van der Waals surface area contributed by atoms with E-state index in [4.69, 9.17) is 5.84 Å². The van der Waals surface area contributed by atoms with Gasteiger partial charge in [0.2, 0.25) is 11.1 Å². The van der Waals surface area contributed by atoms with Crippen LogP contribution in [0.3, 0.4) is 0 Å². The lowest BCUT2D eigenvalue weighted by molar-refractivity contribution is -0.137. The number of rotatable bonds is 5. The van der Waals surface area contributed by atoms with Crippen LogP contribution in [0.15, 0.2) is 35.5 Å². The largest absolute Gasteiger partial charge is 0.405 e. The molecule has 1 aromatic heterocycles. The van der Waals surface area contributed by atoms with Gasteiger partial charge in [-0.15, -0.1) is 10.2 Å². The van der Waals surface area contributed by atoms with Gasteiger partial charge in [-0.05, 0) is 6.92 Å². The average Bonchev–Trinajstić information content (AvgIpc) is 2.86. The standard InChI is InChI=1S/C13H14F3N5OS/c1-8(11(22)18-7-13(14,15)16)23-12-20-19-10(21(12)17)9-5-3-2-4-6-9/h2-6,8H,7,17H2,1H3,(H,18,22). The molecule has 3 N–H and O–H groups in total. The second kappa shape index (κ2) is 6.90. The summed E-state index contributed by atoms with van der Waals surface area (Å²) in [6.45, 7) is 0.0918. The summed E-state index contributed by atoms with van der Waals surface area (Å²) >= 11 is 0.929. The molecule has 2 rings (SSSR count). The minimum absolute atomic E-state index is 0.235. The normalized spacial score (nSPS) is 12.9. The number of nitrogen functional groups attached to an aromatic ring is 1. The molecule has 0 fully saturated rings. The van der Waals surface area contributed by atoms with E-state index in [1.165, 1.54) is 11.6 Å². The van der Waals surface area contributed by atoms with Crippen molar-refractivity contribution in [2.75, 3.05) is 12.4 Å². The van der Waals surface area contributed by atoms with E-state index in [2.05, 4.69) is 10.2 Å². The molecule has 23 heavy (non-hydrogen) atoms. The highest BCUT2D eigenvalue weighted by molar-refractivity contribution is 8.00. The number of carbonyl (C=O) groups is 1. The van der Waals surface area contributed by atoms with Crippen molar-refractivity contribution in [1.82, 2.24) is 20.2 Å². The maximum absolute atomic E-state index is 12.1. The minimum Gasteiger partial charge on any atom is -0.346 e. The van der Waals surface area contributed by atoms with E-state index in [-0.39, 0.29) is 5.16 Å². The van der Waals surface area contributed by atoms with Crippen molar-refractivity contribution in [3.05, 3.63) is 30.3 Å². The molecule has 0 radical (unpaired) electrons. The molecule has 1 heterocycles. The third kappa shape index (κ3) is 4.62. The van der Waals surface area contributed by atoms with Crippen LogP contribution in [-0.4, -0.2) is 38.8 Å². The molecule has 0 bridgehead atoms. The summed E-state index contributed by atoms with van der Waals surface area (Å²) in [6, 6.07) is 9.04. The van der Waals surface area contributed by atoms with Crippen molar-refractivity contribution in [1.29, 1.82) is 0 Å². The molecule has 10 heteroatoms. The van der Waals surface area contributed by atoms with E-state index in [9.17, 15) is 18.0 Å². The fourth-order valence-electron chi connectivity index (χ4n) is 1.68. The van der Waals surface area contributed by atoms with Crippen molar-refractivity contribution in [2.24, 2.45) is 0 Å². The van der Waals surface area contributed by atoms with Crippen LogP contribution in [0.2, 0.25) is 0 Å². The molecule has 0 aliphatic heterocycles. The Kier molecular flexibility index (Phi) is 5.14. The molecule has 0 spiro atoms. The highest BCUT2D eigenvalue weighted by Crippen LogP contribution is 2.24. The van der Waals surface area contributed by atoms with Crippen molar-refractivity contribution in [3.63, 3.8) is 0 Å². The van der Waals surface area contributed by atoms with Crippen LogP contribution >= 0.6 is 11.8 Å². The Morgan fingerprint density at radius 2 is 2.00 bits per heavy atom. The SMILES string of the molecule is CC(Sc1nnc(-c2ccccc2)n1N)C(=O)NCC(F)(F)F. The van der Waals surface area contributed by atoms with Crippen molar-refractivity contribution in [2.45, 2.75) is 23.5 Å². The number of hydrogen-bond acceptors (Lipinski definition) is 5. The van der Waals surface area contributed by atoms with Crippen molar-refractivity contribution >= 4 is 17.7 Å². The molecule has 6 nitrogen and oxygen atoms in total. The Morgan fingerprint density at radius 1 is 1.35 bits per heavy atom. The number of halogens is 3. The van der Waals surface area contributed by atoms with Crippen LogP contribution in [0.25, 0.3) is 11.4 Å². The second-order valence-corrected chi connectivity index (χ2v) is 5.94. The number of benzene rings is 1. The third-order valence-corrected chi connectivity index (χ3v) is 3.87. The molecule has 0 saturated heterocycles. The lowest BCUT2D eigenvalue weighted by Gasteiger charge is -2.12. The van der Waals surface area contributed by atoms with Crippen LogP contribution in [0.5, 0.6) is 0 Å². The number of nitrogens with zero attached hydrogens (tertiary/aromatic N) is 3. The third-order valence-electron chi connectivity index (χ3n) is 2.81. The lowest BCUT2D eigenvalue weighted by Crippen LogP contribution is -2.38. The van der Waals surface area contributed by atoms with Gasteiger partial charge in [0.1, 0.15) is 6.54 Å². The maximum atomic E-state index is 12.1. The number of nitrogens with two attached hydrogens (primary N) is 1. The van der Waals surface area contributed by atoms with E-state index < -0.39 is 23.9 Å². The molecule has 2 aromatic rings. The van der Waals surface area contributed by atoms with E-state index >= 15 is 0 Å². The number of aromatic nitrogens is 3. The van der Waals surface area contributed by atoms with Gasteiger partial charge >= 0.3 is 6.18 Å². The zero-order chi connectivity index (χ0) is 17.0. The summed E-state index contributed by atoms with van der Waals surface area (Å²) in [5, 5.41) is 9.06. The molecule has 124 valence electrons. The minimum atomic E-state index is -4.45. The fourth-order valence-corrected chi connectivity index (χ4v) is 2.48. The van der Waals surface area contributed by atoms with Gasteiger partial charge in [0.25, 0.3) is 0 Å². The zero-order valence-electron chi connectivity index (χ0n) is 12.0. The van der Waals surface area contributed by atoms with Gasteiger partial charge < -0.3 is 11.2 Å². The Hall–Kier alpha value is -2.23. The number of carbonyl (C=O) groups excluding carboxylic acids is 1. The first-order chi connectivity index (χ1) is 10.8. The van der Waals surface area contributed by atoms with Crippen LogP contribution in [0, 0.1) is 0 Å². The zero-order valence-corrected chi connectivity index (χ0v) is 12.9. The van der Waals surface area contributed by atoms with Crippen molar-refractivity contribution in [3.8, 4) is 11.4 Å². The summed E-state index contributed by atoms with van der Waals surface area (Å²) in [7, 11) is 0. The number of nitrogens with one attached hydrogen (secondary N) is 1.